The van der Waals surface area contributed by atoms with E-state index in [9.17, 15) is 25.7 Å². The zero-order valence-electron chi connectivity index (χ0n) is 16.8. The standard InChI is InChI=1S/C23H27NO6/c1-29-9-8-14-2-4-15(5-3-14)10-18-11-16(6-7-17(18)12-24)23-22(28)21(27)20(26)19(13-25)30-23/h2-7,11,19-23,25-28H,8-10,13H2,1H3/t19-,20-,21+,22-,23+/m1/s1. The van der Waals surface area contributed by atoms with Gasteiger partial charge in [-0.15, -0.1) is 0 Å². The molecule has 7 nitrogen and oxygen atoms in total. The summed E-state index contributed by atoms with van der Waals surface area (Å²) in [7, 11) is 1.67. The number of ether oxygens (including phenoxy) is 2. The molecular formula is C23H27NO6. The number of benzene rings is 2. The summed E-state index contributed by atoms with van der Waals surface area (Å²) in [5, 5.41) is 49.4. The predicted octanol–water partition coefficient (Wildman–Crippen LogP) is 0.853. The highest BCUT2D eigenvalue weighted by Crippen LogP contribution is 2.33. The summed E-state index contributed by atoms with van der Waals surface area (Å²) in [5.74, 6) is 0. The minimum absolute atomic E-state index is 0.486. The molecule has 1 saturated heterocycles. The summed E-state index contributed by atoms with van der Waals surface area (Å²) >= 11 is 0. The number of nitriles is 1. The van der Waals surface area contributed by atoms with Crippen molar-refractivity contribution in [3.63, 3.8) is 0 Å². The summed E-state index contributed by atoms with van der Waals surface area (Å²) in [4.78, 5) is 0. The lowest BCUT2D eigenvalue weighted by Crippen LogP contribution is -2.55. The van der Waals surface area contributed by atoms with E-state index in [1.165, 1.54) is 0 Å². The second-order valence-corrected chi connectivity index (χ2v) is 7.51. The van der Waals surface area contributed by atoms with Crippen LogP contribution in [-0.2, 0) is 22.3 Å². The molecule has 0 radical (unpaired) electrons. The van der Waals surface area contributed by atoms with Crippen LogP contribution < -0.4 is 0 Å². The zero-order valence-corrected chi connectivity index (χ0v) is 16.8. The number of methoxy groups -OCH3 is 1. The maximum atomic E-state index is 10.4. The Balaban J connectivity index is 1.84. The van der Waals surface area contributed by atoms with E-state index >= 15 is 0 Å². The predicted molar refractivity (Wildman–Crippen MR) is 109 cm³/mol. The lowest BCUT2D eigenvalue weighted by Gasteiger charge is -2.40. The van der Waals surface area contributed by atoms with E-state index < -0.39 is 37.1 Å². The topological polar surface area (TPSA) is 123 Å². The maximum absolute atomic E-state index is 10.4. The molecule has 1 aliphatic rings. The van der Waals surface area contributed by atoms with Crippen molar-refractivity contribution in [1.29, 1.82) is 5.26 Å². The molecule has 2 aromatic carbocycles. The minimum Gasteiger partial charge on any atom is -0.394 e. The molecule has 0 amide bonds. The van der Waals surface area contributed by atoms with E-state index in [4.69, 9.17) is 9.47 Å². The first-order valence-electron chi connectivity index (χ1n) is 9.88. The van der Waals surface area contributed by atoms with Gasteiger partial charge in [0.15, 0.2) is 0 Å². The molecule has 160 valence electrons. The molecule has 3 rings (SSSR count). The molecule has 0 aliphatic carbocycles. The molecule has 5 atom stereocenters. The molecular weight excluding hydrogens is 386 g/mol. The van der Waals surface area contributed by atoms with Crippen molar-refractivity contribution in [3.05, 3.63) is 70.3 Å². The quantitative estimate of drug-likeness (QED) is 0.531. The fourth-order valence-corrected chi connectivity index (χ4v) is 3.69. The summed E-state index contributed by atoms with van der Waals surface area (Å²) in [6.45, 7) is 0.166. The van der Waals surface area contributed by atoms with Crippen LogP contribution in [0.1, 0.15) is 33.9 Å². The van der Waals surface area contributed by atoms with Crippen molar-refractivity contribution in [2.24, 2.45) is 0 Å². The summed E-state index contributed by atoms with van der Waals surface area (Å²) in [6.07, 6.45) is -4.78. The highest BCUT2D eigenvalue weighted by molar-refractivity contribution is 5.44. The summed E-state index contributed by atoms with van der Waals surface area (Å²) in [6, 6.07) is 15.3. The van der Waals surface area contributed by atoms with Gasteiger partial charge in [0.2, 0.25) is 0 Å². The van der Waals surface area contributed by atoms with E-state index in [1.54, 1.807) is 25.3 Å². The van der Waals surface area contributed by atoms with Gasteiger partial charge in [0.1, 0.15) is 30.5 Å². The minimum atomic E-state index is -1.44. The summed E-state index contributed by atoms with van der Waals surface area (Å²) in [5.41, 5.74) is 4.02. The van der Waals surface area contributed by atoms with Crippen molar-refractivity contribution in [2.75, 3.05) is 20.3 Å². The molecule has 0 unspecified atom stereocenters. The Morgan fingerprint density at radius 2 is 1.70 bits per heavy atom. The Labute approximate surface area is 175 Å². The molecule has 0 aromatic heterocycles. The molecule has 4 N–H and O–H groups in total. The smallest absolute Gasteiger partial charge is 0.113 e. The van der Waals surface area contributed by atoms with Crippen molar-refractivity contribution < 1.29 is 29.9 Å². The van der Waals surface area contributed by atoms with Gasteiger partial charge in [0.25, 0.3) is 0 Å². The van der Waals surface area contributed by atoms with Crippen molar-refractivity contribution in [2.45, 2.75) is 43.4 Å². The molecule has 30 heavy (non-hydrogen) atoms. The number of hydrogen-bond acceptors (Lipinski definition) is 7. The average molecular weight is 413 g/mol. The molecule has 1 fully saturated rings. The average Bonchev–Trinajstić information content (AvgIpc) is 2.77. The highest BCUT2D eigenvalue weighted by atomic mass is 16.5. The number of hydrogen-bond donors (Lipinski definition) is 4. The number of rotatable bonds is 7. The molecule has 0 spiro atoms. The molecule has 1 heterocycles. The van der Waals surface area contributed by atoms with E-state index in [0.29, 0.717) is 24.2 Å². The van der Waals surface area contributed by atoms with Gasteiger partial charge in [-0.25, -0.2) is 0 Å². The molecule has 0 bridgehead atoms. The largest absolute Gasteiger partial charge is 0.394 e. The van der Waals surface area contributed by atoms with Crippen LogP contribution in [-0.4, -0.2) is 65.2 Å². The third kappa shape index (κ3) is 4.87. The van der Waals surface area contributed by atoms with Gasteiger partial charge in [0.05, 0.1) is 24.8 Å². The van der Waals surface area contributed by atoms with E-state index in [1.807, 2.05) is 24.3 Å². The van der Waals surface area contributed by atoms with Gasteiger partial charge in [-0.1, -0.05) is 36.4 Å². The Morgan fingerprint density at radius 1 is 1.00 bits per heavy atom. The van der Waals surface area contributed by atoms with Crippen molar-refractivity contribution in [1.82, 2.24) is 0 Å². The van der Waals surface area contributed by atoms with Gasteiger partial charge in [-0.3, -0.25) is 0 Å². The lowest BCUT2D eigenvalue weighted by molar-refractivity contribution is -0.231. The molecule has 7 heteroatoms. The van der Waals surface area contributed by atoms with Gasteiger partial charge >= 0.3 is 0 Å². The van der Waals surface area contributed by atoms with Gasteiger partial charge in [0, 0.05) is 7.11 Å². The van der Waals surface area contributed by atoms with Gasteiger partial charge < -0.3 is 29.9 Å². The Bertz CT molecular complexity index is 876. The first-order chi connectivity index (χ1) is 14.5. The maximum Gasteiger partial charge on any atom is 0.113 e. The van der Waals surface area contributed by atoms with Crippen LogP contribution in [0.15, 0.2) is 42.5 Å². The van der Waals surface area contributed by atoms with E-state index in [2.05, 4.69) is 6.07 Å². The third-order valence-corrected chi connectivity index (χ3v) is 5.48. The first-order valence-corrected chi connectivity index (χ1v) is 9.88. The second-order valence-electron chi connectivity index (χ2n) is 7.51. The van der Waals surface area contributed by atoms with Crippen LogP contribution >= 0.6 is 0 Å². The number of aliphatic hydroxyl groups is 4. The fourth-order valence-electron chi connectivity index (χ4n) is 3.69. The Morgan fingerprint density at radius 3 is 2.33 bits per heavy atom. The van der Waals surface area contributed by atoms with Gasteiger partial charge in [-0.2, -0.15) is 5.26 Å². The van der Waals surface area contributed by atoms with Crippen LogP contribution in [0.4, 0.5) is 0 Å². The lowest BCUT2D eigenvalue weighted by atomic mass is 9.89. The highest BCUT2D eigenvalue weighted by Gasteiger charge is 2.44. The van der Waals surface area contributed by atoms with Gasteiger partial charge in [-0.05, 0) is 41.2 Å². The first kappa shape index (κ1) is 22.4. The fraction of sp³-hybridized carbons (Fsp3) is 0.435. The van der Waals surface area contributed by atoms with Crippen LogP contribution in [0.5, 0.6) is 0 Å². The van der Waals surface area contributed by atoms with E-state index in [-0.39, 0.29) is 0 Å². The number of aliphatic hydroxyl groups excluding tert-OH is 4. The number of nitrogens with zero attached hydrogens (tertiary/aromatic N) is 1. The van der Waals surface area contributed by atoms with Crippen molar-refractivity contribution in [3.8, 4) is 6.07 Å². The monoisotopic (exact) mass is 413 g/mol. The Hall–Kier alpha value is -2.31. The second kappa shape index (κ2) is 10.1. The summed E-state index contributed by atoms with van der Waals surface area (Å²) < 4.78 is 10.7. The zero-order chi connectivity index (χ0) is 21.7. The van der Waals surface area contributed by atoms with Crippen LogP contribution in [0.3, 0.4) is 0 Å². The normalized spacial score (nSPS) is 26.3. The third-order valence-electron chi connectivity index (χ3n) is 5.48. The van der Waals surface area contributed by atoms with E-state index in [0.717, 1.165) is 23.1 Å². The van der Waals surface area contributed by atoms with Crippen LogP contribution in [0.2, 0.25) is 0 Å². The van der Waals surface area contributed by atoms with Crippen LogP contribution in [0.25, 0.3) is 0 Å². The van der Waals surface area contributed by atoms with Crippen molar-refractivity contribution >= 4 is 0 Å². The SMILES string of the molecule is COCCc1ccc(Cc2cc([C@@H]3O[C@H](CO)[C@@H](O)[C@H](O)[C@H]3O)ccc2C#N)cc1. The Kier molecular flexibility index (Phi) is 7.56. The molecule has 1 aliphatic heterocycles. The van der Waals surface area contributed by atoms with Crippen LogP contribution in [0, 0.1) is 11.3 Å². The molecule has 2 aromatic rings. The molecule has 0 saturated carbocycles.